The first kappa shape index (κ1) is 21.9. The topological polar surface area (TPSA) is 86.7 Å². The Morgan fingerprint density at radius 2 is 1.85 bits per heavy atom. The fourth-order valence-electron chi connectivity index (χ4n) is 4.21. The second-order valence-electron chi connectivity index (χ2n) is 8.33. The number of urea groups is 1. The standard InChI is InChI=1S/C23H21F3N6O2/c1-12-22(13(2)30-29-12)19-8-21(18(26)9-27-19)34-17-10-31(11-17)23(33)32-20(3-4-28-32)14-5-15(24)7-16(25)6-14/h4-9,17,20H,3,10-11H2,1-2H3,(H,29,30). The van der Waals surface area contributed by atoms with E-state index >= 15 is 0 Å². The lowest BCUT2D eigenvalue weighted by molar-refractivity contribution is 0.0256. The zero-order valence-corrected chi connectivity index (χ0v) is 18.4. The van der Waals surface area contributed by atoms with Crippen LogP contribution in [0.25, 0.3) is 11.3 Å². The number of carbonyl (C=O) groups is 1. The van der Waals surface area contributed by atoms with Crippen molar-refractivity contribution >= 4 is 12.2 Å². The van der Waals surface area contributed by atoms with Crippen LogP contribution < -0.4 is 4.74 Å². The number of halogens is 3. The SMILES string of the molecule is Cc1n[nH]c(C)c1-c1cc(OC2CN(C(=O)N3N=CCC3c3cc(F)cc(F)c3)C2)c(F)cn1. The van der Waals surface area contributed by atoms with Gasteiger partial charge in [-0.05, 0) is 31.5 Å². The first-order valence-corrected chi connectivity index (χ1v) is 10.7. The van der Waals surface area contributed by atoms with Gasteiger partial charge in [0.25, 0.3) is 0 Å². The molecule has 0 saturated carbocycles. The zero-order valence-electron chi connectivity index (χ0n) is 18.4. The average Bonchev–Trinajstić information content (AvgIpc) is 3.37. The number of H-pyrrole nitrogens is 1. The molecule has 1 unspecified atom stereocenters. The molecule has 34 heavy (non-hydrogen) atoms. The summed E-state index contributed by atoms with van der Waals surface area (Å²) < 4.78 is 47.4. The summed E-state index contributed by atoms with van der Waals surface area (Å²) >= 11 is 0. The van der Waals surface area contributed by atoms with Gasteiger partial charge in [-0.25, -0.2) is 23.0 Å². The molecule has 0 spiro atoms. The molecular formula is C23H21F3N6O2. The Kier molecular flexibility index (Phi) is 5.46. The molecule has 5 rings (SSSR count). The van der Waals surface area contributed by atoms with Gasteiger partial charge in [-0.15, -0.1) is 0 Å². The third-order valence-corrected chi connectivity index (χ3v) is 5.91. The summed E-state index contributed by atoms with van der Waals surface area (Å²) in [6.45, 7) is 4.11. The predicted octanol–water partition coefficient (Wildman–Crippen LogP) is 4.12. The lowest BCUT2D eigenvalue weighted by Crippen LogP contribution is -2.58. The van der Waals surface area contributed by atoms with Crippen molar-refractivity contribution in [1.82, 2.24) is 25.1 Å². The van der Waals surface area contributed by atoms with Gasteiger partial charge in [0.05, 0.1) is 36.7 Å². The van der Waals surface area contributed by atoms with Crippen molar-refractivity contribution in [3.05, 3.63) is 64.9 Å². The Bertz CT molecular complexity index is 1250. The van der Waals surface area contributed by atoms with E-state index in [1.165, 1.54) is 34.3 Å². The molecule has 2 aliphatic heterocycles. The molecule has 176 valence electrons. The average molecular weight is 470 g/mol. The van der Waals surface area contributed by atoms with Crippen LogP contribution in [-0.2, 0) is 0 Å². The van der Waals surface area contributed by atoms with Crippen LogP contribution in [0.2, 0.25) is 0 Å². The molecule has 1 atom stereocenters. The van der Waals surface area contributed by atoms with E-state index in [1.807, 2.05) is 13.8 Å². The highest BCUT2D eigenvalue weighted by molar-refractivity contribution is 5.79. The number of ether oxygens (including phenoxy) is 1. The summed E-state index contributed by atoms with van der Waals surface area (Å²) in [5, 5.41) is 12.3. The summed E-state index contributed by atoms with van der Waals surface area (Å²) in [7, 11) is 0. The van der Waals surface area contributed by atoms with Gasteiger partial charge in [0.1, 0.15) is 17.7 Å². The number of hydrogen-bond acceptors (Lipinski definition) is 5. The number of aromatic nitrogens is 3. The summed E-state index contributed by atoms with van der Waals surface area (Å²) in [6, 6.07) is 3.67. The third-order valence-electron chi connectivity index (χ3n) is 5.91. The molecule has 0 bridgehead atoms. The maximum absolute atomic E-state index is 14.4. The summed E-state index contributed by atoms with van der Waals surface area (Å²) in [4.78, 5) is 18.6. The highest BCUT2D eigenvalue weighted by atomic mass is 19.1. The molecule has 11 heteroatoms. The third kappa shape index (κ3) is 3.97. The van der Waals surface area contributed by atoms with E-state index in [-0.39, 0.29) is 18.8 Å². The molecule has 2 amide bonds. The molecule has 0 radical (unpaired) electrons. The number of aryl methyl sites for hydroxylation is 2. The number of hydrazone groups is 1. The van der Waals surface area contributed by atoms with Crippen LogP contribution in [0.5, 0.6) is 5.75 Å². The van der Waals surface area contributed by atoms with Crippen LogP contribution in [0.15, 0.2) is 35.6 Å². The molecule has 1 N–H and O–H groups in total. The van der Waals surface area contributed by atoms with Crippen LogP contribution in [0.1, 0.15) is 29.4 Å². The molecule has 4 heterocycles. The number of likely N-dealkylation sites (tertiary alicyclic amines) is 1. The molecule has 8 nitrogen and oxygen atoms in total. The van der Waals surface area contributed by atoms with Crippen LogP contribution in [0, 0.1) is 31.3 Å². The van der Waals surface area contributed by atoms with Gasteiger partial charge < -0.3 is 9.64 Å². The lowest BCUT2D eigenvalue weighted by atomic mass is 10.0. The predicted molar refractivity (Wildman–Crippen MR) is 117 cm³/mol. The van der Waals surface area contributed by atoms with E-state index in [1.54, 1.807) is 0 Å². The largest absolute Gasteiger partial charge is 0.483 e. The number of carbonyl (C=O) groups excluding carboxylic acids is 1. The lowest BCUT2D eigenvalue weighted by Gasteiger charge is -2.41. The Balaban J connectivity index is 1.25. The van der Waals surface area contributed by atoms with Gasteiger partial charge in [-0.3, -0.25) is 10.1 Å². The van der Waals surface area contributed by atoms with E-state index in [9.17, 15) is 18.0 Å². The van der Waals surface area contributed by atoms with E-state index in [2.05, 4.69) is 20.3 Å². The van der Waals surface area contributed by atoms with Crippen molar-refractivity contribution in [3.63, 3.8) is 0 Å². The van der Waals surface area contributed by atoms with Crippen molar-refractivity contribution in [2.24, 2.45) is 5.10 Å². The minimum Gasteiger partial charge on any atom is -0.483 e. The number of nitrogens with zero attached hydrogens (tertiary/aromatic N) is 5. The van der Waals surface area contributed by atoms with E-state index in [0.29, 0.717) is 17.7 Å². The molecule has 1 fully saturated rings. The Morgan fingerprint density at radius 3 is 2.53 bits per heavy atom. The van der Waals surface area contributed by atoms with E-state index in [4.69, 9.17) is 4.74 Å². The monoisotopic (exact) mass is 470 g/mol. The number of amides is 2. The molecule has 1 saturated heterocycles. The number of hydrogen-bond donors (Lipinski definition) is 1. The number of pyridine rings is 1. The van der Waals surface area contributed by atoms with Gasteiger partial charge >= 0.3 is 6.03 Å². The second kappa shape index (κ2) is 8.47. The first-order chi connectivity index (χ1) is 16.3. The summed E-state index contributed by atoms with van der Waals surface area (Å²) in [5.74, 6) is -2.00. The van der Waals surface area contributed by atoms with Crippen LogP contribution in [0.3, 0.4) is 0 Å². The maximum atomic E-state index is 14.4. The molecule has 2 aromatic heterocycles. The maximum Gasteiger partial charge on any atom is 0.341 e. The number of benzene rings is 1. The smallest absolute Gasteiger partial charge is 0.341 e. The molecular weight excluding hydrogens is 449 g/mol. The number of nitrogens with one attached hydrogen (secondary N) is 1. The van der Waals surface area contributed by atoms with Gasteiger partial charge in [-0.2, -0.15) is 10.2 Å². The first-order valence-electron chi connectivity index (χ1n) is 10.7. The Morgan fingerprint density at radius 1 is 1.12 bits per heavy atom. The molecule has 1 aromatic carbocycles. The Hall–Kier alpha value is -3.89. The number of aromatic amines is 1. The molecule has 2 aliphatic rings. The van der Waals surface area contributed by atoms with Crippen LogP contribution in [-0.4, -0.2) is 56.5 Å². The summed E-state index contributed by atoms with van der Waals surface area (Å²) in [5.41, 5.74) is 3.18. The number of rotatable bonds is 4. The van der Waals surface area contributed by atoms with Crippen molar-refractivity contribution in [1.29, 1.82) is 0 Å². The van der Waals surface area contributed by atoms with Crippen molar-refractivity contribution in [2.45, 2.75) is 32.4 Å². The van der Waals surface area contributed by atoms with Gasteiger partial charge in [-0.1, -0.05) is 0 Å². The van der Waals surface area contributed by atoms with Crippen molar-refractivity contribution in [3.8, 4) is 17.0 Å². The zero-order chi connectivity index (χ0) is 24.0. The van der Waals surface area contributed by atoms with Gasteiger partial charge in [0.2, 0.25) is 0 Å². The van der Waals surface area contributed by atoms with Crippen LogP contribution >= 0.6 is 0 Å². The molecule has 0 aliphatic carbocycles. The fourth-order valence-corrected chi connectivity index (χ4v) is 4.21. The van der Waals surface area contributed by atoms with E-state index in [0.717, 1.165) is 29.2 Å². The normalized spacial score (nSPS) is 17.9. The van der Waals surface area contributed by atoms with Gasteiger partial charge in [0.15, 0.2) is 11.6 Å². The molecule has 3 aromatic rings. The van der Waals surface area contributed by atoms with Crippen molar-refractivity contribution in [2.75, 3.05) is 13.1 Å². The highest BCUT2D eigenvalue weighted by Gasteiger charge is 2.39. The minimum absolute atomic E-state index is 0.0365. The fraction of sp³-hybridized carbons (Fsp3) is 0.304. The quantitative estimate of drug-likeness (QED) is 0.622. The van der Waals surface area contributed by atoms with E-state index < -0.39 is 35.6 Å². The van der Waals surface area contributed by atoms with Crippen molar-refractivity contribution < 1.29 is 22.7 Å². The highest BCUT2D eigenvalue weighted by Crippen LogP contribution is 2.33. The second-order valence-corrected chi connectivity index (χ2v) is 8.33. The van der Waals surface area contributed by atoms with Gasteiger partial charge in [0, 0.05) is 36.0 Å². The van der Waals surface area contributed by atoms with Crippen LogP contribution in [0.4, 0.5) is 18.0 Å². The minimum atomic E-state index is -0.716. The Labute approximate surface area is 193 Å². The summed E-state index contributed by atoms with van der Waals surface area (Å²) in [6.07, 6.45) is 2.56.